The number of hydrogen-bond donors (Lipinski definition) is 2. The molecule has 148 valence electrons. The van der Waals surface area contributed by atoms with Crippen LogP contribution in [0.2, 0.25) is 0 Å². The molecule has 0 radical (unpaired) electrons. The lowest BCUT2D eigenvalue weighted by Gasteiger charge is -2.20. The first-order chi connectivity index (χ1) is 13.4. The number of aliphatic carboxylic acids is 1. The van der Waals surface area contributed by atoms with Crippen molar-refractivity contribution in [3.8, 4) is 0 Å². The van der Waals surface area contributed by atoms with Gasteiger partial charge in [0.05, 0.1) is 18.3 Å². The Balaban J connectivity index is 2.21. The quantitative estimate of drug-likeness (QED) is 0.546. The summed E-state index contributed by atoms with van der Waals surface area (Å²) in [6, 6.07) is 8.61. The summed E-state index contributed by atoms with van der Waals surface area (Å²) in [5.41, 5.74) is 0.193. The first kappa shape index (κ1) is 21.8. The zero-order chi connectivity index (χ0) is 20.5. The maximum Gasteiger partial charge on any atom is 0.268 e. The Morgan fingerprint density at radius 2 is 1.96 bits per heavy atom. The van der Waals surface area contributed by atoms with Gasteiger partial charge >= 0.3 is 0 Å². The van der Waals surface area contributed by atoms with Crippen molar-refractivity contribution < 1.29 is 23.9 Å². The monoisotopic (exact) mass is 465 g/mol. The average Bonchev–Trinajstić information content (AvgIpc) is 3.17. The van der Waals surface area contributed by atoms with E-state index in [-0.39, 0.29) is 12.1 Å². The van der Waals surface area contributed by atoms with Gasteiger partial charge in [-0.05, 0) is 54.8 Å². The highest BCUT2D eigenvalue weighted by atomic mass is 79.9. The lowest BCUT2D eigenvalue weighted by atomic mass is 10.2. The van der Waals surface area contributed by atoms with Crippen molar-refractivity contribution in [1.29, 1.82) is 0 Å². The number of carbonyl (C=O) groups is 3. The van der Waals surface area contributed by atoms with Crippen molar-refractivity contribution in [3.63, 3.8) is 0 Å². The number of hydrogen-bond acceptors (Lipinski definition) is 6. The Hall–Kier alpha value is -2.52. The molecule has 0 unspecified atom stereocenters. The van der Waals surface area contributed by atoms with Crippen LogP contribution in [-0.2, 0) is 9.59 Å². The molecule has 0 aliphatic carbocycles. The van der Waals surface area contributed by atoms with Crippen LogP contribution in [0.3, 0.4) is 0 Å². The highest BCUT2D eigenvalue weighted by molar-refractivity contribution is 9.10. The van der Waals surface area contributed by atoms with Crippen molar-refractivity contribution in [2.24, 2.45) is 0 Å². The Morgan fingerprint density at radius 1 is 1.25 bits per heavy atom. The van der Waals surface area contributed by atoms with E-state index in [4.69, 9.17) is 4.42 Å². The number of nitrogens with one attached hydrogen (secondary N) is 2. The predicted molar refractivity (Wildman–Crippen MR) is 108 cm³/mol. The van der Waals surface area contributed by atoms with E-state index in [1.165, 1.54) is 24.1 Å². The van der Waals surface area contributed by atoms with E-state index in [1.54, 1.807) is 36.4 Å². The lowest BCUT2D eigenvalue weighted by molar-refractivity contribution is -0.308. The number of carbonyl (C=O) groups excluding carboxylic acids is 3. The summed E-state index contributed by atoms with van der Waals surface area (Å²) in [5, 5.41) is 16.2. The van der Waals surface area contributed by atoms with Gasteiger partial charge in [0.15, 0.2) is 0 Å². The molecule has 1 aromatic carbocycles. The van der Waals surface area contributed by atoms with E-state index in [2.05, 4.69) is 26.6 Å². The second kappa shape index (κ2) is 10.7. The smallest absolute Gasteiger partial charge is 0.268 e. The molecule has 0 aliphatic rings. The summed E-state index contributed by atoms with van der Waals surface area (Å²) in [6.07, 6.45) is 4.77. The molecular weight excluding hydrogens is 448 g/mol. The molecule has 2 amide bonds. The minimum absolute atomic E-state index is 0.140. The van der Waals surface area contributed by atoms with Gasteiger partial charge in [-0.2, -0.15) is 11.8 Å². The van der Waals surface area contributed by atoms with Crippen molar-refractivity contribution in [3.05, 3.63) is 64.2 Å². The zero-order valence-corrected chi connectivity index (χ0v) is 17.3. The third-order valence-corrected chi connectivity index (χ3v) is 4.80. The average molecular weight is 466 g/mol. The van der Waals surface area contributed by atoms with Gasteiger partial charge in [-0.25, -0.2) is 0 Å². The second-order valence-corrected chi connectivity index (χ2v) is 7.56. The van der Waals surface area contributed by atoms with Gasteiger partial charge in [0.2, 0.25) is 0 Å². The van der Waals surface area contributed by atoms with Crippen molar-refractivity contribution in [2.45, 2.75) is 12.5 Å². The standard InChI is InChI=1S/C19H19BrN2O5S/c1-28-10-8-15(19(25)26)21-18(24)16(11-14-3-2-9-27-14)22-17(23)12-4-6-13(20)7-5-12/h2-7,9,11,15H,8,10H2,1H3,(H,21,24)(H,22,23)(H,25,26)/p-1/b16-11-/t15-/m0/s1. The number of thioether (sulfide) groups is 1. The number of rotatable bonds is 9. The van der Waals surface area contributed by atoms with Crippen LogP contribution in [0.1, 0.15) is 22.5 Å². The van der Waals surface area contributed by atoms with Crippen molar-refractivity contribution in [2.75, 3.05) is 12.0 Å². The Morgan fingerprint density at radius 3 is 2.54 bits per heavy atom. The van der Waals surface area contributed by atoms with Crippen LogP contribution in [0.5, 0.6) is 0 Å². The molecule has 2 rings (SSSR count). The van der Waals surface area contributed by atoms with E-state index in [0.29, 0.717) is 17.1 Å². The van der Waals surface area contributed by atoms with Crippen LogP contribution < -0.4 is 15.7 Å². The normalized spacial score (nSPS) is 12.3. The SMILES string of the molecule is CSCC[C@H](NC(=O)/C(=C/c1ccco1)NC(=O)c1ccc(Br)cc1)C(=O)[O-]. The maximum absolute atomic E-state index is 12.6. The maximum atomic E-state index is 12.6. The molecule has 9 heteroatoms. The lowest BCUT2D eigenvalue weighted by Crippen LogP contribution is -2.50. The molecular formula is C19H18BrN2O5S-. The largest absolute Gasteiger partial charge is 0.548 e. The Labute approximate surface area is 174 Å². The molecule has 0 bridgehead atoms. The van der Waals surface area contributed by atoms with Crippen LogP contribution in [0.4, 0.5) is 0 Å². The van der Waals surface area contributed by atoms with Crippen LogP contribution in [0.15, 0.2) is 57.2 Å². The topological polar surface area (TPSA) is 111 Å². The minimum Gasteiger partial charge on any atom is -0.548 e. The first-order valence-corrected chi connectivity index (χ1v) is 10.4. The van der Waals surface area contributed by atoms with Crippen LogP contribution in [-0.4, -0.2) is 35.8 Å². The fourth-order valence-corrected chi connectivity index (χ4v) is 2.93. The number of carboxylic acid groups (broad SMARTS) is 1. The predicted octanol–water partition coefficient (Wildman–Crippen LogP) is 1.80. The van der Waals surface area contributed by atoms with Crippen molar-refractivity contribution in [1.82, 2.24) is 10.6 Å². The summed E-state index contributed by atoms with van der Waals surface area (Å²) in [7, 11) is 0. The molecule has 0 saturated heterocycles. The Bertz CT molecular complexity index is 850. The molecule has 0 spiro atoms. The number of halogens is 1. The van der Waals surface area contributed by atoms with E-state index < -0.39 is 23.8 Å². The van der Waals surface area contributed by atoms with E-state index >= 15 is 0 Å². The van der Waals surface area contributed by atoms with Gasteiger partial charge in [-0.1, -0.05) is 15.9 Å². The molecule has 28 heavy (non-hydrogen) atoms. The van der Waals surface area contributed by atoms with Crippen LogP contribution in [0.25, 0.3) is 6.08 Å². The molecule has 0 saturated carbocycles. The molecule has 0 aliphatic heterocycles. The third kappa shape index (κ3) is 6.58. The summed E-state index contributed by atoms with van der Waals surface area (Å²) >= 11 is 4.74. The summed E-state index contributed by atoms with van der Waals surface area (Å²) in [4.78, 5) is 36.4. The van der Waals surface area contributed by atoms with E-state index in [9.17, 15) is 19.5 Å². The van der Waals surface area contributed by atoms with E-state index in [1.807, 2.05) is 6.26 Å². The van der Waals surface area contributed by atoms with Gasteiger partial charge < -0.3 is 25.0 Å². The van der Waals surface area contributed by atoms with Crippen LogP contribution >= 0.6 is 27.7 Å². The highest BCUT2D eigenvalue weighted by Crippen LogP contribution is 2.12. The Kier molecular flexibility index (Phi) is 8.34. The van der Waals surface area contributed by atoms with Gasteiger partial charge in [-0.3, -0.25) is 9.59 Å². The first-order valence-electron chi connectivity index (χ1n) is 8.23. The minimum atomic E-state index is -1.39. The fraction of sp³-hybridized carbons (Fsp3) is 0.211. The van der Waals surface area contributed by atoms with Gasteiger partial charge in [0.25, 0.3) is 11.8 Å². The second-order valence-electron chi connectivity index (χ2n) is 5.66. The molecule has 0 fully saturated rings. The number of furan rings is 1. The number of amides is 2. The molecule has 2 aromatic rings. The zero-order valence-electron chi connectivity index (χ0n) is 14.9. The fourth-order valence-electron chi connectivity index (χ4n) is 2.19. The van der Waals surface area contributed by atoms with Gasteiger partial charge in [-0.15, -0.1) is 0 Å². The van der Waals surface area contributed by atoms with Gasteiger partial charge in [0.1, 0.15) is 11.5 Å². The molecule has 7 nitrogen and oxygen atoms in total. The number of carboxylic acids is 1. The third-order valence-electron chi connectivity index (χ3n) is 3.63. The van der Waals surface area contributed by atoms with E-state index in [0.717, 1.165) is 4.47 Å². The van der Waals surface area contributed by atoms with Crippen LogP contribution in [0, 0.1) is 0 Å². The molecule has 1 heterocycles. The molecule has 2 N–H and O–H groups in total. The summed E-state index contributed by atoms with van der Waals surface area (Å²) in [5.74, 6) is -1.80. The van der Waals surface area contributed by atoms with Gasteiger partial charge in [0, 0.05) is 16.1 Å². The summed E-state index contributed by atoms with van der Waals surface area (Å²) < 4.78 is 5.99. The summed E-state index contributed by atoms with van der Waals surface area (Å²) in [6.45, 7) is 0. The number of benzene rings is 1. The molecule has 1 atom stereocenters. The highest BCUT2D eigenvalue weighted by Gasteiger charge is 2.19. The molecule has 1 aromatic heterocycles. The van der Waals surface area contributed by atoms with Crippen molar-refractivity contribution >= 4 is 51.6 Å².